The molecular formula is C21H21FN6O. The Kier molecular flexibility index (Phi) is 4.26. The zero-order valence-corrected chi connectivity index (χ0v) is 16.1. The second-order valence-electron chi connectivity index (χ2n) is 7.56. The number of hydrogen-bond donors (Lipinski definition) is 1. The Morgan fingerprint density at radius 2 is 1.72 bits per heavy atom. The zero-order valence-electron chi connectivity index (χ0n) is 16.1. The van der Waals surface area contributed by atoms with Gasteiger partial charge in [0.1, 0.15) is 11.6 Å². The molecule has 0 saturated carbocycles. The Morgan fingerprint density at radius 3 is 2.41 bits per heavy atom. The topological polar surface area (TPSA) is 75.9 Å². The molecule has 4 heterocycles. The molecule has 2 aliphatic heterocycles. The third-order valence-corrected chi connectivity index (χ3v) is 5.66. The first-order valence-electron chi connectivity index (χ1n) is 9.84. The van der Waals surface area contributed by atoms with Crippen LogP contribution in [0.15, 0.2) is 36.4 Å². The summed E-state index contributed by atoms with van der Waals surface area (Å²) in [5.41, 5.74) is 2.63. The molecule has 0 aliphatic carbocycles. The third kappa shape index (κ3) is 3.14. The van der Waals surface area contributed by atoms with Crippen molar-refractivity contribution in [3.8, 4) is 5.82 Å². The van der Waals surface area contributed by atoms with E-state index in [2.05, 4.69) is 25.5 Å². The summed E-state index contributed by atoms with van der Waals surface area (Å²) < 4.78 is 15.0. The highest BCUT2D eigenvalue weighted by Crippen LogP contribution is 2.40. The second kappa shape index (κ2) is 6.95. The SMILES string of the molecule is Cc1nn(-c2ccc(N3CCCC3)nn2)c2c1[C@@H](c1ccc(F)cc1)CC(=O)N2. The van der Waals surface area contributed by atoms with Crippen molar-refractivity contribution in [2.24, 2.45) is 0 Å². The van der Waals surface area contributed by atoms with Crippen LogP contribution >= 0.6 is 0 Å². The van der Waals surface area contributed by atoms with Gasteiger partial charge in [-0.05, 0) is 49.6 Å². The lowest BCUT2D eigenvalue weighted by Crippen LogP contribution is -2.25. The number of anilines is 2. The number of aromatic nitrogens is 4. The third-order valence-electron chi connectivity index (χ3n) is 5.66. The molecule has 1 atom stereocenters. The lowest BCUT2D eigenvalue weighted by atomic mass is 9.86. The summed E-state index contributed by atoms with van der Waals surface area (Å²) in [6.45, 7) is 3.91. The van der Waals surface area contributed by atoms with Crippen LogP contribution in [0.2, 0.25) is 0 Å². The minimum absolute atomic E-state index is 0.102. The summed E-state index contributed by atoms with van der Waals surface area (Å²) in [5.74, 6) is 1.44. The zero-order chi connectivity index (χ0) is 20.0. The molecule has 0 bridgehead atoms. The van der Waals surface area contributed by atoms with Gasteiger partial charge in [0.15, 0.2) is 11.6 Å². The average Bonchev–Trinajstić information content (AvgIpc) is 3.37. The number of carbonyl (C=O) groups excluding carboxylic acids is 1. The number of hydrogen-bond acceptors (Lipinski definition) is 5. The molecule has 0 radical (unpaired) electrons. The summed E-state index contributed by atoms with van der Waals surface area (Å²) in [6.07, 6.45) is 2.64. The van der Waals surface area contributed by atoms with Crippen LogP contribution in [0, 0.1) is 12.7 Å². The van der Waals surface area contributed by atoms with Gasteiger partial charge in [-0.25, -0.2) is 4.39 Å². The highest BCUT2D eigenvalue weighted by Gasteiger charge is 2.33. The van der Waals surface area contributed by atoms with E-state index in [1.807, 2.05) is 19.1 Å². The molecule has 2 aliphatic rings. The van der Waals surface area contributed by atoms with Gasteiger partial charge < -0.3 is 10.2 Å². The number of amides is 1. The molecule has 0 unspecified atom stereocenters. The Labute approximate surface area is 167 Å². The Hall–Kier alpha value is -3.29. The van der Waals surface area contributed by atoms with Crippen LogP contribution in [0.3, 0.4) is 0 Å². The van der Waals surface area contributed by atoms with E-state index in [0.717, 1.165) is 35.7 Å². The molecule has 5 rings (SSSR count). The van der Waals surface area contributed by atoms with Crippen LogP contribution in [-0.2, 0) is 4.79 Å². The number of benzene rings is 1. The standard InChI is InChI=1S/C21H21FN6O/c1-13-20-16(14-4-6-15(22)7-5-14)12-19(29)23-21(20)28(26-13)18-9-8-17(24-25-18)27-10-2-3-11-27/h4-9,16H,2-3,10-12H2,1H3,(H,23,29)/t16-/m1/s1. The highest BCUT2D eigenvalue weighted by atomic mass is 19.1. The van der Waals surface area contributed by atoms with Gasteiger partial charge in [0.25, 0.3) is 0 Å². The van der Waals surface area contributed by atoms with Crippen molar-refractivity contribution in [2.45, 2.75) is 32.1 Å². The molecule has 1 N–H and O–H groups in total. The fourth-order valence-corrected chi connectivity index (χ4v) is 4.24. The molecular weight excluding hydrogens is 371 g/mol. The van der Waals surface area contributed by atoms with Crippen molar-refractivity contribution < 1.29 is 9.18 Å². The summed E-state index contributed by atoms with van der Waals surface area (Å²) in [6, 6.07) is 10.1. The Morgan fingerprint density at radius 1 is 1.03 bits per heavy atom. The molecule has 3 aromatic rings. The van der Waals surface area contributed by atoms with E-state index in [0.29, 0.717) is 18.1 Å². The van der Waals surface area contributed by atoms with Gasteiger partial charge in [0.05, 0.1) is 5.69 Å². The number of fused-ring (bicyclic) bond motifs is 1. The first kappa shape index (κ1) is 17.8. The minimum atomic E-state index is -0.296. The van der Waals surface area contributed by atoms with Crippen LogP contribution < -0.4 is 10.2 Å². The first-order chi connectivity index (χ1) is 14.1. The van der Waals surface area contributed by atoms with E-state index < -0.39 is 0 Å². The average molecular weight is 392 g/mol. The van der Waals surface area contributed by atoms with Gasteiger partial charge in [-0.1, -0.05) is 12.1 Å². The van der Waals surface area contributed by atoms with Gasteiger partial charge in [-0.2, -0.15) is 9.78 Å². The van der Waals surface area contributed by atoms with E-state index >= 15 is 0 Å². The van der Waals surface area contributed by atoms with Crippen molar-refractivity contribution in [1.29, 1.82) is 0 Å². The molecule has 1 saturated heterocycles. The van der Waals surface area contributed by atoms with E-state index in [1.165, 1.54) is 25.0 Å². The molecule has 7 nitrogen and oxygen atoms in total. The first-order valence-corrected chi connectivity index (χ1v) is 9.84. The van der Waals surface area contributed by atoms with Crippen LogP contribution in [0.4, 0.5) is 16.0 Å². The van der Waals surface area contributed by atoms with E-state index in [-0.39, 0.29) is 17.6 Å². The Bertz CT molecular complexity index is 1050. The van der Waals surface area contributed by atoms with Gasteiger partial charge in [-0.3, -0.25) is 4.79 Å². The number of aryl methyl sites for hydroxylation is 1. The summed E-state index contributed by atoms with van der Waals surface area (Å²) in [5, 5.41) is 16.3. The van der Waals surface area contributed by atoms with Crippen LogP contribution in [0.1, 0.15) is 42.0 Å². The monoisotopic (exact) mass is 392 g/mol. The van der Waals surface area contributed by atoms with Gasteiger partial charge in [0.2, 0.25) is 5.91 Å². The predicted octanol–water partition coefficient (Wildman–Crippen LogP) is 3.18. The van der Waals surface area contributed by atoms with E-state index in [1.54, 1.807) is 16.8 Å². The molecule has 29 heavy (non-hydrogen) atoms. The quantitative estimate of drug-likeness (QED) is 0.741. The fraction of sp³-hybridized carbons (Fsp3) is 0.333. The minimum Gasteiger partial charge on any atom is -0.355 e. The van der Waals surface area contributed by atoms with Crippen molar-refractivity contribution >= 4 is 17.5 Å². The van der Waals surface area contributed by atoms with Crippen molar-refractivity contribution in [3.05, 3.63) is 59.0 Å². The maximum absolute atomic E-state index is 13.4. The predicted molar refractivity (Wildman–Crippen MR) is 107 cm³/mol. The van der Waals surface area contributed by atoms with E-state index in [9.17, 15) is 9.18 Å². The highest BCUT2D eigenvalue weighted by molar-refractivity contribution is 5.95. The fourth-order valence-electron chi connectivity index (χ4n) is 4.24. The van der Waals surface area contributed by atoms with Gasteiger partial charge in [-0.15, -0.1) is 10.2 Å². The smallest absolute Gasteiger partial charge is 0.226 e. The normalized spacial score (nSPS) is 18.6. The Balaban J connectivity index is 1.54. The largest absolute Gasteiger partial charge is 0.355 e. The van der Waals surface area contributed by atoms with Gasteiger partial charge >= 0.3 is 0 Å². The number of rotatable bonds is 3. The van der Waals surface area contributed by atoms with E-state index in [4.69, 9.17) is 0 Å². The van der Waals surface area contributed by atoms with Gasteiger partial charge in [0, 0.05) is 31.0 Å². The molecule has 0 spiro atoms. The molecule has 1 aromatic carbocycles. The summed E-state index contributed by atoms with van der Waals surface area (Å²) in [4.78, 5) is 14.6. The molecule has 8 heteroatoms. The van der Waals surface area contributed by atoms with Crippen molar-refractivity contribution in [1.82, 2.24) is 20.0 Å². The number of nitrogens with one attached hydrogen (secondary N) is 1. The maximum atomic E-state index is 13.4. The summed E-state index contributed by atoms with van der Waals surface area (Å²) in [7, 11) is 0. The lowest BCUT2D eigenvalue weighted by Gasteiger charge is -2.24. The molecule has 2 aromatic heterocycles. The number of halogens is 1. The van der Waals surface area contributed by atoms with Crippen molar-refractivity contribution in [2.75, 3.05) is 23.3 Å². The van der Waals surface area contributed by atoms with Crippen LogP contribution in [-0.4, -0.2) is 39.0 Å². The number of nitrogens with zero attached hydrogens (tertiary/aromatic N) is 5. The maximum Gasteiger partial charge on any atom is 0.226 e. The van der Waals surface area contributed by atoms with Crippen LogP contribution in [0.25, 0.3) is 5.82 Å². The summed E-state index contributed by atoms with van der Waals surface area (Å²) >= 11 is 0. The molecule has 1 amide bonds. The van der Waals surface area contributed by atoms with Crippen molar-refractivity contribution in [3.63, 3.8) is 0 Å². The molecule has 148 valence electrons. The van der Waals surface area contributed by atoms with Crippen LogP contribution in [0.5, 0.6) is 0 Å². The number of carbonyl (C=O) groups is 1. The molecule has 1 fully saturated rings. The lowest BCUT2D eigenvalue weighted by molar-refractivity contribution is -0.116. The second-order valence-corrected chi connectivity index (χ2v) is 7.56.